The number of aryl methyl sites for hydroxylation is 1. The second kappa shape index (κ2) is 10.1. The van der Waals surface area contributed by atoms with Crippen LogP contribution in [0.15, 0.2) is 82.3 Å². The third-order valence-electron chi connectivity index (χ3n) is 6.73. The monoisotopic (exact) mass is 468 g/mol. The first-order valence-electron chi connectivity index (χ1n) is 12.0. The molecule has 0 bridgehead atoms. The molecule has 0 N–H and O–H groups in total. The number of piperidine rings is 1. The zero-order valence-corrected chi connectivity index (χ0v) is 19.8. The van der Waals surface area contributed by atoms with Crippen LogP contribution in [0.5, 0.6) is 5.75 Å². The van der Waals surface area contributed by atoms with E-state index in [-0.39, 0.29) is 11.9 Å². The van der Waals surface area contributed by atoms with Gasteiger partial charge in [-0.15, -0.1) is 0 Å². The van der Waals surface area contributed by atoms with Gasteiger partial charge in [-0.3, -0.25) is 9.78 Å². The van der Waals surface area contributed by atoms with Crippen molar-refractivity contribution in [1.29, 1.82) is 0 Å². The molecule has 1 atom stereocenters. The van der Waals surface area contributed by atoms with Gasteiger partial charge in [0.15, 0.2) is 0 Å². The van der Waals surface area contributed by atoms with E-state index in [1.807, 2.05) is 53.6 Å². The molecule has 1 aliphatic rings. The summed E-state index contributed by atoms with van der Waals surface area (Å²) >= 11 is 0. The molecule has 3 heterocycles. The van der Waals surface area contributed by atoms with Gasteiger partial charge in [-0.05, 0) is 60.1 Å². The Kier molecular flexibility index (Phi) is 6.62. The molecule has 1 amide bonds. The number of methoxy groups -OCH3 is 1. The van der Waals surface area contributed by atoms with Crippen LogP contribution in [0, 0.1) is 0 Å². The van der Waals surface area contributed by atoms with Crippen LogP contribution in [-0.2, 0) is 11.2 Å². The van der Waals surface area contributed by atoms with Gasteiger partial charge in [0.05, 0.1) is 13.2 Å². The van der Waals surface area contributed by atoms with Crippen molar-refractivity contribution in [2.75, 3.05) is 13.7 Å². The van der Waals surface area contributed by atoms with Gasteiger partial charge in [0.2, 0.25) is 5.91 Å². The third kappa shape index (κ3) is 4.83. The predicted molar refractivity (Wildman–Crippen MR) is 135 cm³/mol. The number of pyridine rings is 1. The first kappa shape index (κ1) is 22.8. The van der Waals surface area contributed by atoms with Gasteiger partial charge in [-0.1, -0.05) is 36.4 Å². The van der Waals surface area contributed by atoms with Crippen molar-refractivity contribution in [2.45, 2.75) is 38.1 Å². The number of carbonyl (C=O) groups is 1. The van der Waals surface area contributed by atoms with Crippen LogP contribution in [0.1, 0.15) is 42.9 Å². The normalized spacial score (nSPS) is 15.8. The van der Waals surface area contributed by atoms with Gasteiger partial charge in [0.25, 0.3) is 0 Å². The van der Waals surface area contributed by atoms with Crippen molar-refractivity contribution in [3.8, 4) is 16.9 Å². The van der Waals surface area contributed by atoms with Gasteiger partial charge in [-0.25, -0.2) is 4.79 Å². The highest BCUT2D eigenvalue weighted by Crippen LogP contribution is 2.34. The molecule has 2 aromatic carbocycles. The SMILES string of the molecule is COc1cc2oc(=O)cc(-c3ccccc3)c2cc1CCC(=O)N1CCCC[C@H]1c1cccnc1. The molecule has 1 saturated heterocycles. The van der Waals surface area contributed by atoms with Crippen molar-refractivity contribution in [3.05, 3.63) is 94.6 Å². The minimum absolute atomic E-state index is 0.0717. The van der Waals surface area contributed by atoms with Crippen molar-refractivity contribution >= 4 is 16.9 Å². The van der Waals surface area contributed by atoms with Crippen molar-refractivity contribution in [3.63, 3.8) is 0 Å². The van der Waals surface area contributed by atoms with E-state index in [9.17, 15) is 9.59 Å². The van der Waals surface area contributed by atoms with Crippen LogP contribution >= 0.6 is 0 Å². The fraction of sp³-hybridized carbons (Fsp3) is 0.276. The van der Waals surface area contributed by atoms with Crippen molar-refractivity contribution in [1.82, 2.24) is 9.88 Å². The predicted octanol–water partition coefficient (Wildman–Crippen LogP) is 5.55. The molecule has 6 heteroatoms. The van der Waals surface area contributed by atoms with E-state index in [2.05, 4.69) is 11.1 Å². The first-order valence-corrected chi connectivity index (χ1v) is 12.0. The molecule has 6 nitrogen and oxygen atoms in total. The van der Waals surface area contributed by atoms with E-state index < -0.39 is 5.63 Å². The lowest BCUT2D eigenvalue weighted by molar-refractivity contribution is -0.135. The van der Waals surface area contributed by atoms with Crippen LogP contribution in [0.4, 0.5) is 0 Å². The molecule has 1 aliphatic heterocycles. The lowest BCUT2D eigenvalue weighted by Crippen LogP contribution is -2.38. The number of fused-ring (bicyclic) bond motifs is 1. The Balaban J connectivity index is 1.44. The average molecular weight is 469 g/mol. The largest absolute Gasteiger partial charge is 0.496 e. The fourth-order valence-electron chi connectivity index (χ4n) is 5.01. The van der Waals surface area contributed by atoms with E-state index >= 15 is 0 Å². The number of aromatic nitrogens is 1. The maximum absolute atomic E-state index is 13.4. The van der Waals surface area contributed by atoms with Gasteiger partial charge in [-0.2, -0.15) is 0 Å². The van der Waals surface area contributed by atoms with Crippen molar-refractivity contribution < 1.29 is 13.9 Å². The Morgan fingerprint density at radius 1 is 1.11 bits per heavy atom. The van der Waals surface area contributed by atoms with Crippen LogP contribution in [0.3, 0.4) is 0 Å². The molecule has 0 saturated carbocycles. The number of carbonyl (C=O) groups excluding carboxylic acids is 1. The zero-order valence-electron chi connectivity index (χ0n) is 19.8. The molecule has 35 heavy (non-hydrogen) atoms. The summed E-state index contributed by atoms with van der Waals surface area (Å²) in [6, 6.07) is 19.1. The van der Waals surface area contributed by atoms with Crippen LogP contribution in [0.2, 0.25) is 0 Å². The lowest BCUT2D eigenvalue weighted by atomic mass is 9.95. The number of amides is 1. The molecule has 0 radical (unpaired) electrons. The lowest BCUT2D eigenvalue weighted by Gasteiger charge is -2.36. The molecule has 0 spiro atoms. The second-order valence-corrected chi connectivity index (χ2v) is 8.89. The minimum Gasteiger partial charge on any atom is -0.496 e. The molecule has 178 valence electrons. The Bertz CT molecular complexity index is 1380. The van der Waals surface area contributed by atoms with E-state index in [1.165, 1.54) is 6.07 Å². The highest BCUT2D eigenvalue weighted by Gasteiger charge is 2.28. The molecule has 4 aromatic rings. The maximum atomic E-state index is 13.4. The summed E-state index contributed by atoms with van der Waals surface area (Å²) in [7, 11) is 1.59. The summed E-state index contributed by atoms with van der Waals surface area (Å²) in [6.45, 7) is 0.760. The number of hydrogen-bond acceptors (Lipinski definition) is 5. The van der Waals surface area contributed by atoms with E-state index in [0.29, 0.717) is 24.2 Å². The Morgan fingerprint density at radius 2 is 1.97 bits per heavy atom. The topological polar surface area (TPSA) is 72.6 Å². The van der Waals surface area contributed by atoms with Crippen LogP contribution < -0.4 is 10.4 Å². The molecule has 2 aromatic heterocycles. The molecule has 5 rings (SSSR count). The van der Waals surface area contributed by atoms with Gasteiger partial charge in [0, 0.05) is 42.9 Å². The van der Waals surface area contributed by atoms with Gasteiger partial charge >= 0.3 is 5.63 Å². The number of rotatable bonds is 6. The Morgan fingerprint density at radius 3 is 2.74 bits per heavy atom. The maximum Gasteiger partial charge on any atom is 0.336 e. The zero-order chi connectivity index (χ0) is 24.2. The number of ether oxygens (including phenoxy) is 1. The summed E-state index contributed by atoms with van der Waals surface area (Å²) in [5.41, 5.74) is 3.80. The van der Waals surface area contributed by atoms with E-state index in [1.54, 1.807) is 19.4 Å². The Hall–Kier alpha value is -3.93. The highest BCUT2D eigenvalue weighted by molar-refractivity contribution is 5.94. The minimum atomic E-state index is -0.409. The summed E-state index contributed by atoms with van der Waals surface area (Å²) in [4.78, 5) is 31.8. The molecular formula is C29H28N2O4. The van der Waals surface area contributed by atoms with E-state index in [0.717, 1.165) is 53.4 Å². The van der Waals surface area contributed by atoms with Gasteiger partial charge < -0.3 is 14.1 Å². The summed E-state index contributed by atoms with van der Waals surface area (Å²) in [5.74, 6) is 0.740. The summed E-state index contributed by atoms with van der Waals surface area (Å²) in [5, 5.41) is 0.824. The van der Waals surface area contributed by atoms with Crippen LogP contribution in [0.25, 0.3) is 22.1 Å². The average Bonchev–Trinajstić information content (AvgIpc) is 2.91. The number of hydrogen-bond donors (Lipinski definition) is 0. The molecule has 0 aliphatic carbocycles. The third-order valence-corrected chi connectivity index (χ3v) is 6.73. The standard InChI is InChI=1S/C29H28N2O4/c1-34-26-18-27-24(23(17-29(33)35-27)20-8-3-2-4-9-20)16-21(26)12-13-28(32)31-15-6-5-11-25(31)22-10-7-14-30-19-22/h2-4,7-10,14,16-19,25H,5-6,11-13,15H2,1H3/t25-/m0/s1. The van der Waals surface area contributed by atoms with E-state index in [4.69, 9.17) is 9.15 Å². The van der Waals surface area contributed by atoms with Gasteiger partial charge in [0.1, 0.15) is 11.3 Å². The number of likely N-dealkylation sites (tertiary alicyclic amines) is 1. The second-order valence-electron chi connectivity index (χ2n) is 8.89. The highest BCUT2D eigenvalue weighted by atomic mass is 16.5. The van der Waals surface area contributed by atoms with Crippen LogP contribution in [-0.4, -0.2) is 29.4 Å². The molecular weight excluding hydrogens is 440 g/mol. The summed E-state index contributed by atoms with van der Waals surface area (Å²) < 4.78 is 11.1. The fourth-order valence-corrected chi connectivity index (χ4v) is 5.01. The number of nitrogens with zero attached hydrogens (tertiary/aromatic N) is 2. The smallest absolute Gasteiger partial charge is 0.336 e. The summed E-state index contributed by atoms with van der Waals surface area (Å²) in [6.07, 6.45) is 7.60. The first-order chi connectivity index (χ1) is 17.1. The van der Waals surface area contributed by atoms with Crippen molar-refractivity contribution in [2.24, 2.45) is 0 Å². The molecule has 0 unspecified atom stereocenters. The number of benzene rings is 2. The quantitative estimate of drug-likeness (QED) is 0.347. The Labute approximate surface area is 204 Å². The molecule has 1 fully saturated rings.